The fourth-order valence-electron chi connectivity index (χ4n) is 3.44. The smallest absolute Gasteiger partial charge is 0.270 e. The van der Waals surface area contributed by atoms with Gasteiger partial charge in [0, 0.05) is 22.5 Å². The van der Waals surface area contributed by atoms with E-state index in [4.69, 9.17) is 11.6 Å². The lowest BCUT2D eigenvalue weighted by molar-refractivity contribution is 0.0710. The zero-order chi connectivity index (χ0) is 17.6. The molecule has 2 aromatic carbocycles. The Labute approximate surface area is 148 Å². The third-order valence-electron chi connectivity index (χ3n) is 4.59. The van der Waals surface area contributed by atoms with Crippen LogP contribution in [0, 0.1) is 5.82 Å². The zero-order valence-electron chi connectivity index (χ0n) is 13.2. The number of carbonyl (C=O) groups excluding carboxylic acids is 1. The lowest BCUT2D eigenvalue weighted by atomic mass is 10.0. The molecule has 0 bridgehead atoms. The summed E-state index contributed by atoms with van der Waals surface area (Å²) in [4.78, 5) is 17.6. The van der Waals surface area contributed by atoms with Crippen molar-refractivity contribution in [1.82, 2.24) is 9.88 Å². The van der Waals surface area contributed by atoms with E-state index in [1.165, 1.54) is 12.1 Å². The summed E-state index contributed by atoms with van der Waals surface area (Å²) < 4.78 is 13.6. The highest BCUT2D eigenvalue weighted by molar-refractivity contribution is 6.31. The molecule has 4 rings (SSSR count). The van der Waals surface area contributed by atoms with Gasteiger partial charge >= 0.3 is 0 Å². The Morgan fingerprint density at radius 3 is 2.88 bits per heavy atom. The van der Waals surface area contributed by atoms with Gasteiger partial charge in [0.05, 0.1) is 12.1 Å². The molecule has 2 N–H and O–H groups in total. The van der Waals surface area contributed by atoms with Crippen molar-refractivity contribution < 1.29 is 14.3 Å². The average molecular weight is 359 g/mol. The van der Waals surface area contributed by atoms with Crippen molar-refractivity contribution in [3.8, 4) is 0 Å². The number of carbonyl (C=O) groups is 1. The third-order valence-corrected chi connectivity index (χ3v) is 4.82. The summed E-state index contributed by atoms with van der Waals surface area (Å²) in [5.41, 5.74) is 1.88. The molecule has 3 aromatic rings. The Hall–Kier alpha value is -2.37. The molecule has 2 heterocycles. The number of hydrogen-bond donors (Lipinski definition) is 2. The van der Waals surface area contributed by atoms with Crippen LogP contribution in [0.4, 0.5) is 4.39 Å². The van der Waals surface area contributed by atoms with Gasteiger partial charge in [-0.15, -0.1) is 0 Å². The fraction of sp³-hybridized carbons (Fsp3) is 0.211. The molecule has 0 aliphatic carbocycles. The quantitative estimate of drug-likeness (QED) is 0.729. The van der Waals surface area contributed by atoms with Gasteiger partial charge in [-0.05, 0) is 42.3 Å². The largest absolute Gasteiger partial charge is 0.391 e. The van der Waals surface area contributed by atoms with Crippen LogP contribution < -0.4 is 0 Å². The number of rotatable bonds is 2. The van der Waals surface area contributed by atoms with Crippen molar-refractivity contribution >= 4 is 28.4 Å². The second kappa shape index (κ2) is 6.17. The number of aromatic nitrogens is 1. The zero-order valence-corrected chi connectivity index (χ0v) is 14.0. The van der Waals surface area contributed by atoms with E-state index in [2.05, 4.69) is 4.98 Å². The number of amides is 1. The number of β-amino-alcohol motifs (C(OH)–C–C–N with tert-alkyl or cyclic N) is 1. The minimum atomic E-state index is -0.629. The molecule has 0 radical (unpaired) electrons. The monoisotopic (exact) mass is 358 g/mol. The number of benzene rings is 2. The van der Waals surface area contributed by atoms with Crippen LogP contribution in [0.2, 0.25) is 5.02 Å². The maximum absolute atomic E-state index is 13.6. The Morgan fingerprint density at radius 1 is 1.24 bits per heavy atom. The molecule has 0 saturated carbocycles. The highest BCUT2D eigenvalue weighted by atomic mass is 35.5. The molecule has 1 aliphatic heterocycles. The molecule has 128 valence electrons. The first-order valence-corrected chi connectivity index (χ1v) is 8.42. The number of likely N-dealkylation sites (tertiary alicyclic amines) is 1. The lowest BCUT2D eigenvalue weighted by Crippen LogP contribution is -2.32. The third kappa shape index (κ3) is 3.01. The van der Waals surface area contributed by atoms with Gasteiger partial charge in [-0.2, -0.15) is 0 Å². The van der Waals surface area contributed by atoms with Gasteiger partial charge < -0.3 is 15.0 Å². The van der Waals surface area contributed by atoms with Crippen molar-refractivity contribution in [3.05, 3.63) is 70.6 Å². The number of nitrogens with one attached hydrogen (secondary N) is 1. The highest BCUT2D eigenvalue weighted by Crippen LogP contribution is 2.34. The molecule has 1 fully saturated rings. The van der Waals surface area contributed by atoms with Gasteiger partial charge in [-0.3, -0.25) is 4.79 Å². The van der Waals surface area contributed by atoms with E-state index < -0.39 is 6.10 Å². The number of nitrogens with zero attached hydrogens (tertiary/aromatic N) is 1. The van der Waals surface area contributed by atoms with Crippen LogP contribution in [0.25, 0.3) is 10.9 Å². The van der Waals surface area contributed by atoms with Crippen molar-refractivity contribution in [3.63, 3.8) is 0 Å². The number of aromatic amines is 1. The number of halogens is 2. The minimum absolute atomic E-state index is 0.218. The highest BCUT2D eigenvalue weighted by Gasteiger charge is 2.36. The second-order valence-electron chi connectivity index (χ2n) is 6.33. The average Bonchev–Trinajstić information content (AvgIpc) is 3.17. The Balaban J connectivity index is 1.69. The van der Waals surface area contributed by atoms with Crippen LogP contribution in [0.1, 0.15) is 28.5 Å². The van der Waals surface area contributed by atoms with Crippen LogP contribution in [0.3, 0.4) is 0 Å². The van der Waals surface area contributed by atoms with Gasteiger partial charge in [0.25, 0.3) is 5.91 Å². The van der Waals surface area contributed by atoms with Gasteiger partial charge in [-0.25, -0.2) is 4.39 Å². The second-order valence-corrected chi connectivity index (χ2v) is 6.77. The molecule has 2 atom stereocenters. The van der Waals surface area contributed by atoms with E-state index in [0.717, 1.165) is 10.9 Å². The Bertz CT molecular complexity index is 956. The predicted octanol–water partition coefficient (Wildman–Crippen LogP) is 3.91. The molecule has 0 unspecified atom stereocenters. The van der Waals surface area contributed by atoms with Crippen molar-refractivity contribution in [2.75, 3.05) is 6.54 Å². The Kier molecular flexibility index (Phi) is 3.98. The molecular weight excluding hydrogens is 343 g/mol. The summed E-state index contributed by atoms with van der Waals surface area (Å²) in [5, 5.41) is 11.5. The van der Waals surface area contributed by atoms with E-state index >= 15 is 0 Å². The normalized spacial score (nSPS) is 20.4. The van der Waals surface area contributed by atoms with Gasteiger partial charge in [0.1, 0.15) is 11.5 Å². The molecular formula is C19H16ClFN2O2. The molecule has 1 saturated heterocycles. The van der Waals surface area contributed by atoms with Crippen LogP contribution in [0.5, 0.6) is 0 Å². The number of fused-ring (bicyclic) bond motifs is 1. The van der Waals surface area contributed by atoms with E-state index in [1.807, 2.05) is 6.07 Å². The molecule has 0 spiro atoms. The van der Waals surface area contributed by atoms with Gasteiger partial charge in [-0.1, -0.05) is 29.8 Å². The standard InChI is InChI=1S/C19H16ClFN2O2/c20-13-5-4-11-7-17(22-16(11)8-13)19(25)23-10-15(24)9-18(23)12-2-1-3-14(21)6-12/h1-8,15,18,22,24H,9-10H2/t15-,18-/m0/s1. The SMILES string of the molecule is O=C(c1cc2ccc(Cl)cc2[nH]1)N1C[C@@H](O)C[C@H]1c1cccc(F)c1. The number of hydrogen-bond acceptors (Lipinski definition) is 2. The first kappa shape index (κ1) is 16.1. The molecule has 1 amide bonds. The summed E-state index contributed by atoms with van der Waals surface area (Å²) in [6.45, 7) is 0.218. The maximum Gasteiger partial charge on any atom is 0.270 e. The van der Waals surface area contributed by atoms with E-state index in [-0.39, 0.29) is 24.3 Å². The lowest BCUT2D eigenvalue weighted by Gasteiger charge is -2.24. The predicted molar refractivity (Wildman–Crippen MR) is 94.1 cm³/mol. The number of aliphatic hydroxyl groups excluding tert-OH is 1. The maximum atomic E-state index is 13.6. The van der Waals surface area contributed by atoms with E-state index in [0.29, 0.717) is 22.7 Å². The molecule has 6 heteroatoms. The first-order chi connectivity index (χ1) is 12.0. The summed E-state index contributed by atoms with van der Waals surface area (Å²) >= 11 is 5.99. The van der Waals surface area contributed by atoms with Crippen LogP contribution in [0.15, 0.2) is 48.5 Å². The number of aliphatic hydroxyl groups is 1. The molecule has 25 heavy (non-hydrogen) atoms. The van der Waals surface area contributed by atoms with Gasteiger partial charge in [0.15, 0.2) is 0 Å². The molecule has 1 aliphatic rings. The topological polar surface area (TPSA) is 56.3 Å². The summed E-state index contributed by atoms with van der Waals surface area (Å²) in [7, 11) is 0. The first-order valence-electron chi connectivity index (χ1n) is 8.04. The Morgan fingerprint density at radius 2 is 2.08 bits per heavy atom. The van der Waals surface area contributed by atoms with Gasteiger partial charge in [0.2, 0.25) is 0 Å². The number of H-pyrrole nitrogens is 1. The summed E-state index contributed by atoms with van der Waals surface area (Å²) in [5.74, 6) is -0.579. The molecule has 1 aromatic heterocycles. The summed E-state index contributed by atoms with van der Waals surface area (Å²) in [6, 6.07) is 12.9. The summed E-state index contributed by atoms with van der Waals surface area (Å²) in [6.07, 6.45) is -0.239. The molecule has 4 nitrogen and oxygen atoms in total. The van der Waals surface area contributed by atoms with Crippen LogP contribution >= 0.6 is 11.6 Å². The fourth-order valence-corrected chi connectivity index (χ4v) is 3.61. The van der Waals surface area contributed by atoms with E-state index in [9.17, 15) is 14.3 Å². The van der Waals surface area contributed by atoms with E-state index in [1.54, 1.807) is 35.2 Å². The van der Waals surface area contributed by atoms with Crippen molar-refractivity contribution in [1.29, 1.82) is 0 Å². The van der Waals surface area contributed by atoms with Crippen LogP contribution in [-0.4, -0.2) is 33.5 Å². The minimum Gasteiger partial charge on any atom is -0.391 e. The van der Waals surface area contributed by atoms with Crippen LogP contribution in [-0.2, 0) is 0 Å². The van der Waals surface area contributed by atoms with Crippen molar-refractivity contribution in [2.45, 2.75) is 18.6 Å². The van der Waals surface area contributed by atoms with Crippen molar-refractivity contribution in [2.24, 2.45) is 0 Å².